The highest BCUT2D eigenvalue weighted by molar-refractivity contribution is 8.03. The van der Waals surface area contributed by atoms with Gasteiger partial charge < -0.3 is 15.4 Å². The van der Waals surface area contributed by atoms with Crippen LogP contribution in [0.4, 0.5) is 32.0 Å². The van der Waals surface area contributed by atoms with Gasteiger partial charge in [0.15, 0.2) is 0 Å². The van der Waals surface area contributed by atoms with Crippen LogP contribution >= 0.6 is 11.8 Å². The van der Waals surface area contributed by atoms with Crippen LogP contribution in [0.15, 0.2) is 47.9 Å². The lowest BCUT2D eigenvalue weighted by Gasteiger charge is -2.23. The van der Waals surface area contributed by atoms with Gasteiger partial charge in [0.2, 0.25) is 0 Å². The molecule has 184 valence electrons. The summed E-state index contributed by atoms with van der Waals surface area (Å²) in [7, 11) is 0. The molecule has 2 aromatic carbocycles. The van der Waals surface area contributed by atoms with E-state index in [1.807, 2.05) is 0 Å². The summed E-state index contributed by atoms with van der Waals surface area (Å²) in [6.07, 6.45) is -3.81. The quantitative estimate of drug-likeness (QED) is 0.397. The van der Waals surface area contributed by atoms with Crippen LogP contribution in [0.1, 0.15) is 48.8 Å². The SMILES string of the molecule is FC(F)(F)c1cccc(C2=CSC(Nc3ccc(OCC4CCCCC4)c(C(F)(F)F)c3)N2)c1. The van der Waals surface area contributed by atoms with Crippen molar-refractivity contribution in [2.45, 2.75) is 50.0 Å². The number of hydrogen-bond acceptors (Lipinski definition) is 4. The molecule has 0 bridgehead atoms. The predicted octanol–water partition coefficient (Wildman–Crippen LogP) is 7.71. The standard InChI is InChI=1S/C24H24F6N2OS/c25-23(26,27)17-8-4-7-16(11-17)20-14-34-22(32-20)31-18-9-10-21(19(12-18)24(28,29)30)33-13-15-5-2-1-3-6-15/h4,7-12,14-15,22,31-32H,1-3,5-6,13H2. The molecule has 0 aromatic heterocycles. The van der Waals surface area contributed by atoms with Gasteiger partial charge in [0.25, 0.3) is 0 Å². The molecule has 1 heterocycles. The Kier molecular flexibility index (Phi) is 7.25. The average Bonchev–Trinajstić information content (AvgIpc) is 3.26. The van der Waals surface area contributed by atoms with E-state index in [2.05, 4.69) is 10.6 Å². The van der Waals surface area contributed by atoms with Gasteiger partial charge in [-0.25, -0.2) is 0 Å². The predicted molar refractivity (Wildman–Crippen MR) is 121 cm³/mol. The van der Waals surface area contributed by atoms with E-state index in [4.69, 9.17) is 4.74 Å². The maximum absolute atomic E-state index is 13.7. The van der Waals surface area contributed by atoms with Crippen molar-refractivity contribution < 1.29 is 31.1 Å². The van der Waals surface area contributed by atoms with Crippen LogP contribution in [0.5, 0.6) is 5.75 Å². The maximum atomic E-state index is 13.7. The molecule has 1 saturated carbocycles. The molecule has 0 spiro atoms. The fraction of sp³-hybridized carbons (Fsp3) is 0.417. The highest BCUT2D eigenvalue weighted by Crippen LogP contribution is 2.39. The molecule has 0 amide bonds. The van der Waals surface area contributed by atoms with Crippen molar-refractivity contribution in [3.05, 3.63) is 64.6 Å². The number of rotatable bonds is 6. The second kappa shape index (κ2) is 10.0. The Hall–Kier alpha value is -2.49. The lowest BCUT2D eigenvalue weighted by Crippen LogP contribution is -2.28. The Morgan fingerprint density at radius 3 is 2.41 bits per heavy atom. The van der Waals surface area contributed by atoms with Gasteiger partial charge >= 0.3 is 12.4 Å². The Morgan fingerprint density at radius 2 is 1.71 bits per heavy atom. The number of nitrogens with one attached hydrogen (secondary N) is 2. The molecule has 1 atom stereocenters. The maximum Gasteiger partial charge on any atom is 0.420 e. The third-order valence-corrected chi connectivity index (χ3v) is 6.77. The highest BCUT2D eigenvalue weighted by Gasteiger charge is 2.35. The van der Waals surface area contributed by atoms with Gasteiger partial charge in [-0.2, -0.15) is 26.3 Å². The zero-order valence-corrected chi connectivity index (χ0v) is 18.9. The summed E-state index contributed by atoms with van der Waals surface area (Å²) >= 11 is 1.22. The molecule has 2 aromatic rings. The van der Waals surface area contributed by atoms with Crippen molar-refractivity contribution in [3.63, 3.8) is 0 Å². The van der Waals surface area contributed by atoms with Crippen LogP contribution in [0, 0.1) is 5.92 Å². The van der Waals surface area contributed by atoms with Crippen molar-refractivity contribution in [2.24, 2.45) is 5.92 Å². The molecule has 1 aliphatic carbocycles. The lowest BCUT2D eigenvalue weighted by atomic mass is 9.90. The molecule has 2 N–H and O–H groups in total. The molecule has 10 heteroatoms. The molecular formula is C24H24F6N2OS. The number of hydrogen-bond donors (Lipinski definition) is 2. The molecule has 1 fully saturated rings. The van der Waals surface area contributed by atoms with Gasteiger partial charge in [-0.15, -0.1) is 0 Å². The van der Waals surface area contributed by atoms with Gasteiger partial charge in [0.1, 0.15) is 11.2 Å². The van der Waals surface area contributed by atoms with E-state index in [1.54, 1.807) is 5.41 Å². The molecule has 4 rings (SSSR count). The zero-order chi connectivity index (χ0) is 24.3. The van der Waals surface area contributed by atoms with E-state index in [0.717, 1.165) is 50.3 Å². The summed E-state index contributed by atoms with van der Waals surface area (Å²) in [5.41, 5.74) is -1.15. The fourth-order valence-electron chi connectivity index (χ4n) is 4.11. The zero-order valence-electron chi connectivity index (χ0n) is 18.1. The van der Waals surface area contributed by atoms with E-state index >= 15 is 0 Å². The third-order valence-electron chi connectivity index (χ3n) is 5.89. The molecule has 2 aliphatic rings. The third kappa shape index (κ3) is 6.14. The molecule has 0 radical (unpaired) electrons. The minimum absolute atomic E-state index is 0.196. The van der Waals surface area contributed by atoms with Crippen molar-refractivity contribution in [2.75, 3.05) is 11.9 Å². The number of benzene rings is 2. The van der Waals surface area contributed by atoms with Crippen LogP contribution in [-0.4, -0.2) is 12.1 Å². The van der Waals surface area contributed by atoms with Crippen molar-refractivity contribution in [1.82, 2.24) is 5.32 Å². The average molecular weight is 503 g/mol. The Balaban J connectivity index is 1.42. The first-order valence-corrected chi connectivity index (χ1v) is 11.9. The minimum atomic E-state index is -4.59. The minimum Gasteiger partial charge on any atom is -0.493 e. The summed E-state index contributed by atoms with van der Waals surface area (Å²) in [4.78, 5) is 0. The summed E-state index contributed by atoms with van der Waals surface area (Å²) < 4.78 is 85.6. The largest absolute Gasteiger partial charge is 0.493 e. The van der Waals surface area contributed by atoms with Gasteiger partial charge in [0, 0.05) is 5.69 Å². The van der Waals surface area contributed by atoms with Crippen LogP contribution in [-0.2, 0) is 12.4 Å². The fourth-order valence-corrected chi connectivity index (χ4v) is 4.99. The Bertz CT molecular complexity index is 1030. The first-order valence-electron chi connectivity index (χ1n) is 11.0. The summed E-state index contributed by atoms with van der Waals surface area (Å²) in [6.45, 7) is 0.264. The van der Waals surface area contributed by atoms with E-state index in [0.29, 0.717) is 11.3 Å². The van der Waals surface area contributed by atoms with Crippen LogP contribution in [0.3, 0.4) is 0 Å². The molecule has 0 saturated heterocycles. The number of alkyl halides is 6. The van der Waals surface area contributed by atoms with E-state index in [1.165, 1.54) is 36.0 Å². The monoisotopic (exact) mass is 502 g/mol. The molecule has 1 unspecified atom stereocenters. The summed E-state index contributed by atoms with van der Waals surface area (Å²) in [5, 5.41) is 7.60. The normalized spacial score (nSPS) is 19.5. The first-order chi connectivity index (χ1) is 16.1. The highest BCUT2D eigenvalue weighted by atomic mass is 32.2. The van der Waals surface area contributed by atoms with E-state index in [9.17, 15) is 26.3 Å². The van der Waals surface area contributed by atoms with Gasteiger partial charge in [-0.1, -0.05) is 43.2 Å². The number of ether oxygens (including phenoxy) is 1. The molecular weight excluding hydrogens is 478 g/mol. The Morgan fingerprint density at radius 1 is 0.941 bits per heavy atom. The lowest BCUT2D eigenvalue weighted by molar-refractivity contribution is -0.139. The van der Waals surface area contributed by atoms with Gasteiger partial charge in [-0.3, -0.25) is 0 Å². The first kappa shape index (κ1) is 24.6. The van der Waals surface area contributed by atoms with Crippen LogP contribution in [0.25, 0.3) is 5.70 Å². The van der Waals surface area contributed by atoms with Crippen molar-refractivity contribution in [3.8, 4) is 5.75 Å². The molecule has 1 aliphatic heterocycles. The Labute approximate surface area is 197 Å². The van der Waals surface area contributed by atoms with Gasteiger partial charge in [-0.05, 0) is 60.1 Å². The van der Waals surface area contributed by atoms with Crippen LogP contribution < -0.4 is 15.4 Å². The van der Waals surface area contributed by atoms with E-state index in [-0.39, 0.29) is 24.0 Å². The van der Waals surface area contributed by atoms with Crippen molar-refractivity contribution >= 4 is 23.1 Å². The summed E-state index contributed by atoms with van der Waals surface area (Å²) in [5.74, 6) is 0.0745. The molecule has 34 heavy (non-hydrogen) atoms. The second-order valence-electron chi connectivity index (χ2n) is 8.44. The molecule has 3 nitrogen and oxygen atoms in total. The summed E-state index contributed by atoms with van der Waals surface area (Å²) in [6, 6.07) is 8.69. The van der Waals surface area contributed by atoms with Crippen molar-refractivity contribution in [1.29, 1.82) is 0 Å². The second-order valence-corrected chi connectivity index (χ2v) is 9.42. The van der Waals surface area contributed by atoms with Gasteiger partial charge in [0.05, 0.1) is 23.4 Å². The van der Waals surface area contributed by atoms with E-state index < -0.39 is 29.0 Å². The smallest absolute Gasteiger partial charge is 0.420 e. The topological polar surface area (TPSA) is 33.3 Å². The van der Waals surface area contributed by atoms with Crippen LogP contribution in [0.2, 0.25) is 0 Å². The number of thioether (sulfide) groups is 1. The number of anilines is 1. The number of halogens is 6.